The summed E-state index contributed by atoms with van der Waals surface area (Å²) in [6.07, 6.45) is 2.69. The van der Waals surface area contributed by atoms with Gasteiger partial charge in [-0.25, -0.2) is 5.01 Å². The number of carbonyl (C=O) groups excluding carboxylic acids is 1. The summed E-state index contributed by atoms with van der Waals surface area (Å²) in [6, 6.07) is 5.49. The molecule has 0 bridgehead atoms. The summed E-state index contributed by atoms with van der Waals surface area (Å²) < 4.78 is 28.9. The van der Waals surface area contributed by atoms with Crippen molar-refractivity contribution in [3.05, 3.63) is 29.8 Å². The Hall–Kier alpha value is -2.42. The van der Waals surface area contributed by atoms with Gasteiger partial charge in [0.15, 0.2) is 0 Å². The molecule has 9 heteroatoms. The Morgan fingerprint density at radius 3 is 2.79 bits per heavy atom. The van der Waals surface area contributed by atoms with Crippen LogP contribution in [0.4, 0.5) is 0 Å². The van der Waals surface area contributed by atoms with E-state index in [1.807, 2.05) is 13.8 Å². The molecule has 1 atom stereocenters. The maximum atomic E-state index is 12.5. The Labute approximate surface area is 141 Å². The molecule has 8 nitrogen and oxygen atoms in total. The highest BCUT2D eigenvalue weighted by Gasteiger charge is 2.23. The van der Waals surface area contributed by atoms with Gasteiger partial charge in [0.2, 0.25) is 11.9 Å². The Balaban J connectivity index is 2.35. The molecule has 3 N–H and O–H groups in total. The van der Waals surface area contributed by atoms with E-state index in [4.69, 9.17) is 5.73 Å². The molecule has 0 saturated heterocycles. The van der Waals surface area contributed by atoms with Crippen molar-refractivity contribution < 1.29 is 13.2 Å². The number of carbonyl (C=O) groups is 1. The Kier molecular flexibility index (Phi) is 5.55. The van der Waals surface area contributed by atoms with Crippen LogP contribution in [0.15, 0.2) is 38.7 Å². The lowest BCUT2D eigenvalue weighted by molar-refractivity contribution is 0.1000. The van der Waals surface area contributed by atoms with Crippen LogP contribution in [0.2, 0.25) is 0 Å². The van der Waals surface area contributed by atoms with Crippen LogP contribution in [0, 0.1) is 5.92 Å². The molecule has 0 aromatic heterocycles. The minimum Gasteiger partial charge on any atom is -0.366 e. The molecule has 0 aliphatic carbocycles. The van der Waals surface area contributed by atoms with Crippen molar-refractivity contribution in [3.63, 3.8) is 0 Å². The number of nitrogens with zero attached hydrogens (tertiary/aromatic N) is 3. The zero-order valence-electron chi connectivity index (χ0n) is 13.6. The van der Waals surface area contributed by atoms with Crippen molar-refractivity contribution in [2.75, 3.05) is 13.1 Å². The number of primary amides is 1. The molecule has 1 aromatic carbocycles. The average Bonchev–Trinajstić information content (AvgIpc) is 3.03. The fourth-order valence-electron chi connectivity index (χ4n) is 2.17. The summed E-state index contributed by atoms with van der Waals surface area (Å²) in [6.45, 7) is 4.95. The van der Waals surface area contributed by atoms with Crippen LogP contribution in [0.25, 0.3) is 0 Å². The number of amides is 1. The van der Waals surface area contributed by atoms with Crippen LogP contribution in [0.1, 0.15) is 30.6 Å². The Bertz CT molecular complexity index is 773. The van der Waals surface area contributed by atoms with E-state index in [9.17, 15) is 13.2 Å². The molecule has 1 aromatic rings. The zero-order chi connectivity index (χ0) is 17.7. The first-order valence-electron chi connectivity index (χ1n) is 7.67. The quantitative estimate of drug-likeness (QED) is 0.600. The molecule has 1 amide bonds. The molecule has 0 saturated carbocycles. The van der Waals surface area contributed by atoms with Crippen molar-refractivity contribution in [2.24, 2.45) is 21.2 Å². The third-order valence-corrected chi connectivity index (χ3v) is 4.81. The number of nitrogens with two attached hydrogens (primary N) is 1. The second-order valence-corrected chi connectivity index (χ2v) is 6.93. The van der Waals surface area contributed by atoms with Gasteiger partial charge in [-0.2, -0.15) is 13.5 Å². The standard InChI is InChI=1S/C15H21N5O3S/c1-3-11-9-18-20(10-11)15(17-4-2)19-24(22,23)13-7-5-6-12(8-13)14(16)21/h5-9,11H,3-4,10H2,1-2H3,(H2,16,21)(H,17,19). The minimum atomic E-state index is -4.00. The monoisotopic (exact) mass is 351 g/mol. The van der Waals surface area contributed by atoms with E-state index in [1.165, 1.54) is 29.3 Å². The molecular formula is C15H21N5O3S. The molecule has 0 spiro atoms. The first-order chi connectivity index (χ1) is 11.4. The van der Waals surface area contributed by atoms with E-state index in [0.717, 1.165) is 6.42 Å². The Morgan fingerprint density at radius 2 is 2.21 bits per heavy atom. The molecule has 0 fully saturated rings. The smallest absolute Gasteiger partial charge is 0.285 e. The van der Waals surface area contributed by atoms with Gasteiger partial charge in [0, 0.05) is 24.2 Å². The van der Waals surface area contributed by atoms with Crippen LogP contribution in [0.5, 0.6) is 0 Å². The number of rotatable bonds is 5. The SMILES string of the molecule is CCN/C(=N\S(=O)(=O)c1cccc(C(N)=O)c1)N1CC(CC)C=N1. The predicted molar refractivity (Wildman–Crippen MR) is 92.2 cm³/mol. The maximum absolute atomic E-state index is 12.5. The minimum absolute atomic E-state index is 0.0931. The molecule has 1 aliphatic rings. The highest BCUT2D eigenvalue weighted by molar-refractivity contribution is 7.90. The van der Waals surface area contributed by atoms with E-state index in [0.29, 0.717) is 13.1 Å². The first kappa shape index (κ1) is 17.9. The topological polar surface area (TPSA) is 117 Å². The number of nitrogens with one attached hydrogen (secondary N) is 1. The predicted octanol–water partition coefficient (Wildman–Crippen LogP) is 0.767. The number of hydrazone groups is 1. The molecule has 0 radical (unpaired) electrons. The number of benzene rings is 1. The van der Waals surface area contributed by atoms with Gasteiger partial charge >= 0.3 is 0 Å². The van der Waals surface area contributed by atoms with Gasteiger partial charge in [-0.1, -0.05) is 13.0 Å². The van der Waals surface area contributed by atoms with Crippen molar-refractivity contribution in [1.82, 2.24) is 10.3 Å². The second kappa shape index (κ2) is 7.43. The summed E-state index contributed by atoms with van der Waals surface area (Å²) in [7, 11) is -4.00. The van der Waals surface area contributed by atoms with Crippen molar-refractivity contribution >= 4 is 28.1 Å². The van der Waals surface area contributed by atoms with Gasteiger partial charge in [0.25, 0.3) is 10.0 Å². The highest BCUT2D eigenvalue weighted by Crippen LogP contribution is 2.17. The van der Waals surface area contributed by atoms with Crippen molar-refractivity contribution in [1.29, 1.82) is 0 Å². The third-order valence-electron chi connectivity index (χ3n) is 3.55. The fourth-order valence-corrected chi connectivity index (χ4v) is 3.19. The van der Waals surface area contributed by atoms with Crippen LogP contribution in [0.3, 0.4) is 0 Å². The van der Waals surface area contributed by atoms with E-state index >= 15 is 0 Å². The lowest BCUT2D eigenvalue weighted by Crippen LogP contribution is -2.38. The number of guanidine groups is 1. The average molecular weight is 351 g/mol. The zero-order valence-corrected chi connectivity index (χ0v) is 14.5. The van der Waals surface area contributed by atoms with Crippen LogP contribution >= 0.6 is 0 Å². The Morgan fingerprint density at radius 1 is 1.46 bits per heavy atom. The van der Waals surface area contributed by atoms with Crippen LogP contribution in [-0.4, -0.2) is 44.6 Å². The van der Waals surface area contributed by atoms with E-state index in [2.05, 4.69) is 14.8 Å². The van der Waals surface area contributed by atoms with Crippen LogP contribution < -0.4 is 11.1 Å². The van der Waals surface area contributed by atoms with Gasteiger partial charge < -0.3 is 11.1 Å². The molecule has 130 valence electrons. The molecular weight excluding hydrogens is 330 g/mol. The van der Waals surface area contributed by atoms with Crippen molar-refractivity contribution in [2.45, 2.75) is 25.2 Å². The van der Waals surface area contributed by atoms with E-state index in [-0.39, 0.29) is 22.3 Å². The van der Waals surface area contributed by atoms with Crippen molar-refractivity contribution in [3.8, 4) is 0 Å². The lowest BCUT2D eigenvalue weighted by Gasteiger charge is -2.18. The number of hydrogen-bond donors (Lipinski definition) is 2. The van der Waals surface area contributed by atoms with Gasteiger partial charge in [-0.3, -0.25) is 4.79 Å². The summed E-state index contributed by atoms with van der Waals surface area (Å²) in [4.78, 5) is 11.1. The molecule has 1 unspecified atom stereocenters. The van der Waals surface area contributed by atoms with E-state index in [1.54, 1.807) is 6.21 Å². The summed E-state index contributed by atoms with van der Waals surface area (Å²) in [5, 5.41) is 8.67. The summed E-state index contributed by atoms with van der Waals surface area (Å²) in [5.41, 5.74) is 5.31. The second-order valence-electron chi connectivity index (χ2n) is 5.33. The first-order valence-corrected chi connectivity index (χ1v) is 9.11. The maximum Gasteiger partial charge on any atom is 0.285 e. The highest BCUT2D eigenvalue weighted by atomic mass is 32.2. The van der Waals surface area contributed by atoms with Gasteiger partial charge in [0.1, 0.15) is 0 Å². The normalized spacial score (nSPS) is 18.0. The fraction of sp³-hybridized carbons (Fsp3) is 0.400. The summed E-state index contributed by atoms with van der Waals surface area (Å²) >= 11 is 0. The molecule has 1 heterocycles. The van der Waals surface area contributed by atoms with Gasteiger partial charge in [-0.05, 0) is 31.5 Å². The summed E-state index contributed by atoms with van der Waals surface area (Å²) in [5.74, 6) is -0.276. The molecule has 24 heavy (non-hydrogen) atoms. The largest absolute Gasteiger partial charge is 0.366 e. The third kappa shape index (κ3) is 4.10. The van der Waals surface area contributed by atoms with Crippen LogP contribution in [-0.2, 0) is 10.0 Å². The van der Waals surface area contributed by atoms with Gasteiger partial charge in [-0.15, -0.1) is 4.40 Å². The lowest BCUT2D eigenvalue weighted by atomic mass is 10.1. The molecule has 1 aliphatic heterocycles. The number of hydrogen-bond acceptors (Lipinski definition) is 4. The molecule has 2 rings (SSSR count). The number of sulfonamides is 1. The van der Waals surface area contributed by atoms with Gasteiger partial charge in [0.05, 0.1) is 11.4 Å². The van der Waals surface area contributed by atoms with E-state index < -0.39 is 15.9 Å².